The van der Waals surface area contributed by atoms with E-state index in [1.54, 1.807) is 34.6 Å². The molecule has 1 aliphatic heterocycles. The Bertz CT molecular complexity index is 644. The number of amides is 1. The van der Waals surface area contributed by atoms with Crippen molar-refractivity contribution in [1.29, 1.82) is 0 Å². The maximum Gasteiger partial charge on any atom is 0.260 e. The number of hydrogen-bond acceptors (Lipinski definition) is 5. The summed E-state index contributed by atoms with van der Waals surface area (Å²) in [7, 11) is 0. The highest BCUT2D eigenvalue weighted by molar-refractivity contribution is 7.13. The fourth-order valence-corrected chi connectivity index (χ4v) is 2.93. The van der Waals surface area contributed by atoms with Crippen LogP contribution in [-0.4, -0.2) is 47.0 Å². The van der Waals surface area contributed by atoms with Crippen LogP contribution in [0.4, 0.5) is 5.13 Å². The molecule has 0 atom stereocenters. The number of H-pyrrole nitrogens is 1. The molecule has 2 aromatic heterocycles. The van der Waals surface area contributed by atoms with Gasteiger partial charge in [-0.2, -0.15) is 0 Å². The first-order chi connectivity index (χ1) is 9.75. The number of hydrogen-bond donors (Lipinski definition) is 1. The third-order valence-corrected chi connectivity index (χ3v) is 4.14. The molecular formula is C13H14N4O2S. The Hall–Kier alpha value is -2.15. The Balaban J connectivity index is 1.68. The van der Waals surface area contributed by atoms with Crippen LogP contribution in [0, 0.1) is 0 Å². The third-order valence-electron chi connectivity index (χ3n) is 3.31. The van der Waals surface area contributed by atoms with Crippen molar-refractivity contribution in [3.63, 3.8) is 0 Å². The van der Waals surface area contributed by atoms with Crippen molar-refractivity contribution in [3.05, 3.63) is 45.8 Å². The van der Waals surface area contributed by atoms with E-state index in [4.69, 9.17) is 0 Å². The number of aromatic amines is 1. The molecule has 1 saturated heterocycles. The van der Waals surface area contributed by atoms with Gasteiger partial charge in [0.05, 0.1) is 0 Å². The molecule has 1 fully saturated rings. The minimum atomic E-state index is -0.333. The van der Waals surface area contributed by atoms with Crippen molar-refractivity contribution in [2.24, 2.45) is 0 Å². The lowest BCUT2D eigenvalue weighted by Crippen LogP contribution is -2.49. The highest BCUT2D eigenvalue weighted by Crippen LogP contribution is 2.19. The number of pyridine rings is 1. The molecule has 104 valence electrons. The van der Waals surface area contributed by atoms with Crippen molar-refractivity contribution >= 4 is 22.4 Å². The van der Waals surface area contributed by atoms with Gasteiger partial charge in [0.1, 0.15) is 5.56 Å². The number of carbonyl (C=O) groups is 1. The van der Waals surface area contributed by atoms with Crippen LogP contribution in [0.15, 0.2) is 34.7 Å². The van der Waals surface area contributed by atoms with Crippen molar-refractivity contribution in [2.45, 2.75) is 0 Å². The number of anilines is 1. The van der Waals surface area contributed by atoms with Crippen LogP contribution in [0.2, 0.25) is 0 Å². The normalized spacial score (nSPS) is 15.4. The van der Waals surface area contributed by atoms with Gasteiger partial charge in [0.2, 0.25) is 0 Å². The molecule has 1 amide bonds. The van der Waals surface area contributed by atoms with Gasteiger partial charge in [-0.25, -0.2) is 4.98 Å². The quantitative estimate of drug-likeness (QED) is 0.888. The van der Waals surface area contributed by atoms with Gasteiger partial charge >= 0.3 is 0 Å². The lowest BCUT2D eigenvalue weighted by atomic mass is 10.2. The average molecular weight is 290 g/mol. The van der Waals surface area contributed by atoms with Crippen LogP contribution in [0.3, 0.4) is 0 Å². The number of rotatable bonds is 2. The van der Waals surface area contributed by atoms with E-state index in [-0.39, 0.29) is 17.0 Å². The third kappa shape index (κ3) is 2.44. The zero-order valence-corrected chi connectivity index (χ0v) is 11.6. The monoisotopic (exact) mass is 290 g/mol. The van der Waals surface area contributed by atoms with E-state index in [9.17, 15) is 9.59 Å². The molecule has 0 radical (unpaired) electrons. The first-order valence-electron chi connectivity index (χ1n) is 6.37. The number of nitrogens with zero attached hydrogens (tertiary/aromatic N) is 3. The maximum atomic E-state index is 12.3. The van der Waals surface area contributed by atoms with E-state index in [2.05, 4.69) is 14.9 Å². The smallest absolute Gasteiger partial charge is 0.260 e. The van der Waals surface area contributed by atoms with Gasteiger partial charge < -0.3 is 14.8 Å². The van der Waals surface area contributed by atoms with Crippen LogP contribution in [0.5, 0.6) is 0 Å². The second-order valence-corrected chi connectivity index (χ2v) is 5.38. The van der Waals surface area contributed by atoms with E-state index in [1.165, 1.54) is 6.20 Å². The SMILES string of the molecule is O=C(c1ccc[nH]c1=O)N1CCN(c2nccs2)CC1. The van der Waals surface area contributed by atoms with Crippen molar-refractivity contribution in [3.8, 4) is 0 Å². The first kappa shape index (κ1) is 12.9. The molecular weight excluding hydrogens is 276 g/mol. The summed E-state index contributed by atoms with van der Waals surface area (Å²) in [6.45, 7) is 2.69. The lowest BCUT2D eigenvalue weighted by molar-refractivity contribution is 0.0745. The largest absolute Gasteiger partial charge is 0.345 e. The zero-order chi connectivity index (χ0) is 13.9. The molecule has 0 saturated carbocycles. The Labute approximate surface area is 119 Å². The predicted octanol–water partition coefficient (Wildman–Crippen LogP) is 0.794. The zero-order valence-electron chi connectivity index (χ0n) is 10.8. The Morgan fingerprint density at radius 2 is 2.10 bits per heavy atom. The van der Waals surface area contributed by atoms with Crippen LogP contribution in [-0.2, 0) is 0 Å². The Morgan fingerprint density at radius 3 is 2.75 bits per heavy atom. The fourth-order valence-electron chi connectivity index (χ4n) is 2.23. The Kier molecular flexibility index (Phi) is 3.51. The van der Waals surface area contributed by atoms with Gasteiger partial charge in [0.15, 0.2) is 5.13 Å². The van der Waals surface area contributed by atoms with Gasteiger partial charge in [-0.05, 0) is 12.1 Å². The topological polar surface area (TPSA) is 69.3 Å². The second kappa shape index (κ2) is 5.46. The van der Waals surface area contributed by atoms with Gasteiger partial charge in [-0.3, -0.25) is 9.59 Å². The molecule has 6 nitrogen and oxygen atoms in total. The minimum absolute atomic E-state index is 0.203. The Morgan fingerprint density at radius 1 is 1.30 bits per heavy atom. The summed E-state index contributed by atoms with van der Waals surface area (Å²) >= 11 is 1.59. The number of aromatic nitrogens is 2. The number of piperazine rings is 1. The fraction of sp³-hybridized carbons (Fsp3) is 0.308. The average Bonchev–Trinajstić information content (AvgIpc) is 3.01. The lowest BCUT2D eigenvalue weighted by Gasteiger charge is -2.34. The number of thiazole rings is 1. The summed E-state index contributed by atoms with van der Waals surface area (Å²) in [5.41, 5.74) is -0.130. The molecule has 20 heavy (non-hydrogen) atoms. The molecule has 0 bridgehead atoms. The first-order valence-corrected chi connectivity index (χ1v) is 7.25. The number of nitrogens with one attached hydrogen (secondary N) is 1. The van der Waals surface area contributed by atoms with Crippen LogP contribution in [0.1, 0.15) is 10.4 Å². The number of carbonyl (C=O) groups excluding carboxylic acids is 1. The summed E-state index contributed by atoms with van der Waals surface area (Å²) < 4.78 is 0. The molecule has 0 unspecified atom stereocenters. The summed E-state index contributed by atoms with van der Waals surface area (Å²) in [5.74, 6) is -0.203. The van der Waals surface area contributed by atoms with Crippen molar-refractivity contribution < 1.29 is 4.79 Å². The van der Waals surface area contributed by atoms with E-state index in [0.717, 1.165) is 18.2 Å². The summed E-state index contributed by atoms with van der Waals surface area (Å²) in [6.07, 6.45) is 3.31. The van der Waals surface area contributed by atoms with Gasteiger partial charge in [-0.1, -0.05) is 0 Å². The predicted molar refractivity (Wildman–Crippen MR) is 77.3 cm³/mol. The summed E-state index contributed by atoms with van der Waals surface area (Å²) in [5, 5.41) is 2.92. The molecule has 2 aromatic rings. The minimum Gasteiger partial charge on any atom is -0.345 e. The molecule has 0 aromatic carbocycles. The molecule has 3 heterocycles. The molecule has 3 rings (SSSR count). The highest BCUT2D eigenvalue weighted by atomic mass is 32.1. The van der Waals surface area contributed by atoms with Crippen LogP contribution >= 0.6 is 11.3 Å². The molecule has 1 aliphatic rings. The standard InChI is InChI=1S/C13H14N4O2S/c18-11-10(2-1-3-14-11)12(19)16-5-7-17(8-6-16)13-15-4-9-20-13/h1-4,9H,5-8H2,(H,14,18). The summed E-state index contributed by atoms with van der Waals surface area (Å²) in [4.78, 5) is 34.6. The van der Waals surface area contributed by atoms with E-state index in [1.807, 2.05) is 5.38 Å². The van der Waals surface area contributed by atoms with Gasteiger partial charge in [0, 0.05) is 44.0 Å². The molecule has 7 heteroatoms. The second-order valence-electron chi connectivity index (χ2n) is 4.51. The van der Waals surface area contributed by atoms with Gasteiger partial charge in [0.25, 0.3) is 11.5 Å². The van der Waals surface area contributed by atoms with Crippen molar-refractivity contribution in [2.75, 3.05) is 31.1 Å². The van der Waals surface area contributed by atoms with Gasteiger partial charge in [-0.15, -0.1) is 11.3 Å². The van der Waals surface area contributed by atoms with Crippen molar-refractivity contribution in [1.82, 2.24) is 14.9 Å². The van der Waals surface area contributed by atoms with E-state index in [0.29, 0.717) is 13.1 Å². The maximum absolute atomic E-state index is 12.3. The summed E-state index contributed by atoms with van der Waals surface area (Å²) in [6, 6.07) is 3.23. The molecule has 1 N–H and O–H groups in total. The van der Waals surface area contributed by atoms with E-state index < -0.39 is 0 Å². The molecule has 0 aliphatic carbocycles. The van der Waals surface area contributed by atoms with Crippen LogP contribution < -0.4 is 10.5 Å². The van der Waals surface area contributed by atoms with E-state index >= 15 is 0 Å². The van der Waals surface area contributed by atoms with Crippen LogP contribution in [0.25, 0.3) is 0 Å². The molecule has 0 spiro atoms. The highest BCUT2D eigenvalue weighted by Gasteiger charge is 2.24.